The van der Waals surface area contributed by atoms with Gasteiger partial charge in [0.15, 0.2) is 6.23 Å². The van der Waals surface area contributed by atoms with Crippen molar-refractivity contribution in [3.05, 3.63) is 132 Å². The van der Waals surface area contributed by atoms with Crippen molar-refractivity contribution in [1.82, 2.24) is 49.9 Å². The first kappa shape index (κ1) is 70.6. The highest BCUT2D eigenvalue weighted by Crippen LogP contribution is 2.30. The van der Waals surface area contributed by atoms with E-state index in [-0.39, 0.29) is 79.4 Å². The van der Waals surface area contributed by atoms with Gasteiger partial charge in [-0.05, 0) is 192 Å². The summed E-state index contributed by atoms with van der Waals surface area (Å²) in [6, 6.07) is 2.45. The molecular weight excluding hydrogens is 1020 g/mol. The maximum absolute atomic E-state index is 11.6. The lowest BCUT2D eigenvalue weighted by atomic mass is 10.0. The van der Waals surface area contributed by atoms with Crippen LogP contribution in [0.3, 0.4) is 0 Å². The van der Waals surface area contributed by atoms with Gasteiger partial charge in [-0.2, -0.15) is 10.2 Å². The molecule has 0 fully saturated rings. The van der Waals surface area contributed by atoms with Gasteiger partial charge in [-0.15, -0.1) is 0 Å². The molecule has 0 aliphatic carbocycles. The smallest absolute Gasteiger partial charge is 0.340 e. The number of aromatic hydroxyl groups is 1. The van der Waals surface area contributed by atoms with Crippen LogP contribution in [0.1, 0.15) is 176 Å². The molecule has 4 amide bonds. The molecule has 4 aliphatic rings. The summed E-state index contributed by atoms with van der Waals surface area (Å²) in [6.45, 7) is 61.8. The Kier molecular flexibility index (Phi) is 23.2. The van der Waals surface area contributed by atoms with Crippen LogP contribution < -0.4 is 32.8 Å². The molecule has 6 heterocycles. The number of carbonyl (C=O) groups excluding carboxylic acids is 3. The molecule has 1 unspecified atom stereocenters. The molecular formula is C59H96N12O9. The molecule has 0 saturated heterocycles. The van der Waals surface area contributed by atoms with Crippen molar-refractivity contribution in [2.75, 3.05) is 0 Å². The molecule has 2 aromatic rings. The van der Waals surface area contributed by atoms with Crippen LogP contribution >= 0.6 is 0 Å². The summed E-state index contributed by atoms with van der Waals surface area (Å²) in [7, 11) is 0. The van der Waals surface area contributed by atoms with Gasteiger partial charge in [0, 0.05) is 73.9 Å². The zero-order chi connectivity index (χ0) is 63.1. The quantitative estimate of drug-likeness (QED) is 0.130. The summed E-state index contributed by atoms with van der Waals surface area (Å²) in [5, 5.41) is 46.7. The number of aliphatic hydroxyl groups excluding tert-OH is 2. The summed E-state index contributed by atoms with van der Waals surface area (Å²) < 4.78 is 3.26. The zero-order valence-corrected chi connectivity index (χ0v) is 52.9. The molecule has 7 N–H and O–H groups in total. The topological polar surface area (TPSA) is 263 Å². The van der Waals surface area contributed by atoms with Crippen LogP contribution in [0.2, 0.25) is 0 Å². The van der Waals surface area contributed by atoms with E-state index in [1.165, 1.54) is 11.1 Å². The number of nitrogens with one attached hydrogen (secondary N) is 4. The first-order valence-corrected chi connectivity index (χ1v) is 26.3. The number of urea groups is 1. The van der Waals surface area contributed by atoms with E-state index in [4.69, 9.17) is 0 Å². The largest absolute Gasteiger partial charge is 0.508 e. The molecule has 21 heteroatoms. The monoisotopic (exact) mass is 1120 g/mol. The lowest BCUT2D eigenvalue weighted by molar-refractivity contribution is -0.118. The minimum Gasteiger partial charge on any atom is -0.508 e. The van der Waals surface area contributed by atoms with Crippen LogP contribution in [0.25, 0.3) is 0 Å². The third-order valence-corrected chi connectivity index (χ3v) is 12.1. The highest BCUT2D eigenvalue weighted by Gasteiger charge is 2.34. The van der Waals surface area contributed by atoms with Crippen LogP contribution in [0.15, 0.2) is 109 Å². The maximum atomic E-state index is 11.6. The number of carbonyl (C=O) groups is 3. The molecule has 2 aromatic heterocycles. The normalized spacial score (nSPS) is 17.2. The number of aliphatic hydroxyl groups is 2. The Labute approximate surface area is 474 Å². The number of rotatable bonds is 0. The van der Waals surface area contributed by atoms with Gasteiger partial charge in [-0.3, -0.25) is 28.7 Å². The lowest BCUT2D eigenvalue weighted by Crippen LogP contribution is -2.56. The van der Waals surface area contributed by atoms with Crippen molar-refractivity contribution in [2.45, 2.75) is 219 Å². The fraction of sp³-hybridized carbons (Fsp3) is 0.559. The van der Waals surface area contributed by atoms with Crippen molar-refractivity contribution >= 4 is 29.3 Å². The summed E-state index contributed by atoms with van der Waals surface area (Å²) in [4.78, 5) is 74.7. The van der Waals surface area contributed by atoms with Crippen molar-refractivity contribution in [2.24, 2.45) is 10.2 Å². The number of nitrogens with zero attached hydrogens (tertiary/aromatic N) is 8. The second-order valence-corrected chi connectivity index (χ2v) is 25.8. The number of hydrogen-bond acceptors (Lipinski definition) is 14. The number of allylic oxidation sites excluding steroid dienone is 4. The molecule has 80 heavy (non-hydrogen) atoms. The maximum Gasteiger partial charge on any atom is 0.340 e. The van der Waals surface area contributed by atoms with Crippen molar-refractivity contribution in [1.29, 1.82) is 0 Å². The summed E-state index contributed by atoms with van der Waals surface area (Å²) in [6.07, 6.45) is 2.48. The Bertz CT molecular complexity index is 3030. The van der Waals surface area contributed by atoms with Gasteiger partial charge < -0.3 is 45.6 Å². The Hall–Kier alpha value is -7.42. The summed E-state index contributed by atoms with van der Waals surface area (Å²) in [5.41, 5.74) is 4.72. The number of pyridine rings is 1. The molecule has 4 aliphatic heterocycles. The van der Waals surface area contributed by atoms with E-state index < -0.39 is 6.23 Å². The SMILES string of the molecule is C=C1C=C(O)C=C(C)N1C(C)(C)C.C=C1NC(=O)C(C)=C(C)N1C(C)(C)C.C=C1NC(=O)C(C)=NN1C(C)(C)C.CC1=NN(C(C)(C)C)C(=O)NC1O.Cc1c(C)n(C(C)(C)C)c(=O)[nH]c1=O.Cc1cc(O)cc(=O)n1C(C)(C)C. The average molecular weight is 1120 g/mol. The van der Waals surface area contributed by atoms with E-state index in [1.54, 1.807) is 60.1 Å². The second kappa shape index (κ2) is 26.2. The number of H-pyrrole nitrogens is 1. The number of aromatic amines is 1. The molecule has 21 nitrogen and oxygen atoms in total. The van der Waals surface area contributed by atoms with Crippen LogP contribution in [0, 0.1) is 20.8 Å². The number of amides is 4. The zero-order valence-electron chi connectivity index (χ0n) is 52.9. The standard InChI is InChI=1S/C11H18N2O.C11H17NO.C10H16N2O2.C10H15NO2.C9H15N3O.C8H15N3O2/c1-7-8(2)13(11(4,5)6)9(3)12-10(7)14;1-8-6-10(13)7-9(2)12(8)11(3,4)5;1-6-7(2)12(10(3,4)5)9(14)11-8(6)13;1-7-5-8(12)6-9(13)11(7)10(2,3)4;1-6-8(13)10-7(2)12(11-6)9(3,4)5;1-5-6(12)9-7(13)11(10-5)8(2,3)4/h3H2,1-2,4-6H3,(H,12,14);6-7,13H,1H2,2-5H3;1-5H3,(H,11,13,14);5-6,12H,1-4H3;2H2,1,3-5H3,(H,10,13);6,12H,1-4H3,(H,9,13). The number of hydrogen-bond donors (Lipinski definition) is 7. The van der Waals surface area contributed by atoms with Crippen molar-refractivity contribution in [3.8, 4) is 5.75 Å². The summed E-state index contributed by atoms with van der Waals surface area (Å²) >= 11 is 0. The van der Waals surface area contributed by atoms with E-state index in [9.17, 15) is 44.1 Å². The molecule has 0 saturated carbocycles. The summed E-state index contributed by atoms with van der Waals surface area (Å²) in [5.74, 6) is 1.28. The first-order chi connectivity index (χ1) is 35.8. The molecule has 446 valence electrons. The van der Waals surface area contributed by atoms with Crippen LogP contribution in [0.4, 0.5) is 4.79 Å². The lowest BCUT2D eigenvalue weighted by Gasteiger charge is -2.42. The predicted octanol–water partition coefficient (Wildman–Crippen LogP) is 9.04. The first-order valence-electron chi connectivity index (χ1n) is 26.3. The fourth-order valence-electron chi connectivity index (χ4n) is 8.63. The second-order valence-electron chi connectivity index (χ2n) is 25.8. The Morgan fingerprint density at radius 3 is 1.46 bits per heavy atom. The van der Waals surface area contributed by atoms with Gasteiger partial charge in [-0.1, -0.05) is 19.7 Å². The molecule has 0 aromatic carbocycles. The van der Waals surface area contributed by atoms with Crippen LogP contribution in [-0.2, 0) is 20.7 Å². The fourth-order valence-corrected chi connectivity index (χ4v) is 8.63. The molecule has 6 rings (SSSR count). The highest BCUT2D eigenvalue weighted by molar-refractivity contribution is 6.38. The minimum atomic E-state index is -0.953. The molecule has 1 atom stereocenters. The van der Waals surface area contributed by atoms with Crippen LogP contribution in [-0.4, -0.2) is 107 Å². The number of aryl methyl sites for hydroxylation is 1. The van der Waals surface area contributed by atoms with Crippen LogP contribution in [0.5, 0.6) is 5.75 Å². The van der Waals surface area contributed by atoms with Gasteiger partial charge in [0.1, 0.15) is 28.9 Å². The van der Waals surface area contributed by atoms with E-state index in [2.05, 4.69) is 97.3 Å². The van der Waals surface area contributed by atoms with Gasteiger partial charge in [-0.25, -0.2) is 19.6 Å². The number of hydrazone groups is 2. The Morgan fingerprint density at radius 1 is 0.562 bits per heavy atom. The van der Waals surface area contributed by atoms with Gasteiger partial charge >= 0.3 is 11.7 Å². The predicted molar refractivity (Wildman–Crippen MR) is 322 cm³/mol. The van der Waals surface area contributed by atoms with Gasteiger partial charge in [0.2, 0.25) is 0 Å². The average Bonchev–Trinajstić information content (AvgIpc) is 3.22. The van der Waals surface area contributed by atoms with E-state index in [1.807, 2.05) is 116 Å². The van der Waals surface area contributed by atoms with Crippen molar-refractivity contribution < 1.29 is 29.7 Å². The van der Waals surface area contributed by atoms with Gasteiger partial charge in [0.05, 0.1) is 16.8 Å². The van der Waals surface area contributed by atoms with E-state index in [0.29, 0.717) is 28.6 Å². The van der Waals surface area contributed by atoms with Crippen molar-refractivity contribution in [3.63, 3.8) is 0 Å². The molecule has 0 spiro atoms. The third kappa shape index (κ3) is 19.4. The van der Waals surface area contributed by atoms with Gasteiger partial charge in [0.25, 0.3) is 22.9 Å². The molecule has 0 bridgehead atoms. The highest BCUT2D eigenvalue weighted by atomic mass is 16.3. The third-order valence-electron chi connectivity index (χ3n) is 12.1. The molecule has 0 radical (unpaired) electrons. The Morgan fingerprint density at radius 2 is 1.04 bits per heavy atom. The number of aromatic nitrogens is 3. The minimum absolute atomic E-state index is 0.00880. The van der Waals surface area contributed by atoms with E-state index >= 15 is 0 Å². The van der Waals surface area contributed by atoms with E-state index in [0.717, 1.165) is 34.1 Å². The Balaban J connectivity index is 0.000000480.